The van der Waals surface area contributed by atoms with Gasteiger partial charge in [0, 0.05) is 29.2 Å². The van der Waals surface area contributed by atoms with Crippen LogP contribution in [0.25, 0.3) is 0 Å². The Hall–Kier alpha value is -3.81. The molecule has 1 aromatic rings. The molecule has 3 aliphatic carbocycles. The van der Waals surface area contributed by atoms with Crippen molar-refractivity contribution in [3.05, 3.63) is 45.2 Å². The van der Waals surface area contributed by atoms with Crippen molar-refractivity contribution in [3.63, 3.8) is 0 Å². The zero-order valence-corrected chi connectivity index (χ0v) is 22.6. The largest absolute Gasteiger partial charge is 0.510 e. The molecule has 1 aromatic carbocycles. The molecule has 40 heavy (non-hydrogen) atoms. The number of aromatic hydroxyl groups is 1. The van der Waals surface area contributed by atoms with Crippen LogP contribution in [-0.4, -0.2) is 91.9 Å². The van der Waals surface area contributed by atoms with Gasteiger partial charge in [0.1, 0.15) is 22.9 Å². The number of nitrogens with one attached hydrogen (secondary N) is 1. The summed E-state index contributed by atoms with van der Waals surface area (Å²) in [6, 6.07) is -1.15. The number of nitrogens with two attached hydrogens (primary N) is 1. The topological polar surface area (TPSA) is 194 Å². The Balaban J connectivity index is 1.73. The maximum Gasteiger partial charge on any atom is 0.255 e. The van der Waals surface area contributed by atoms with E-state index in [1.807, 2.05) is 0 Å². The van der Waals surface area contributed by atoms with E-state index in [-0.39, 0.29) is 36.2 Å². The molecule has 214 valence electrons. The number of aliphatic hydroxyl groups excluding tert-OH is 2. The Kier molecular flexibility index (Phi) is 5.96. The number of allylic oxidation sites excluding steroid dienone is 1. The number of hydrogen-bond acceptors (Lipinski definition) is 10. The van der Waals surface area contributed by atoms with Crippen LogP contribution in [0.2, 0.25) is 0 Å². The molecule has 0 saturated carbocycles. The maximum absolute atomic E-state index is 16.1. The molecule has 7 N–H and O–H groups in total. The summed E-state index contributed by atoms with van der Waals surface area (Å²) in [5.74, 6) is -9.63. The summed E-state index contributed by atoms with van der Waals surface area (Å²) in [6.45, 7) is 3.18. The van der Waals surface area contributed by atoms with Gasteiger partial charge in [0.2, 0.25) is 11.7 Å². The van der Waals surface area contributed by atoms with Gasteiger partial charge >= 0.3 is 0 Å². The second-order valence-electron chi connectivity index (χ2n) is 11.7. The number of carbonyl (C=O) groups is 4. The number of amides is 2. The van der Waals surface area contributed by atoms with Crippen LogP contribution in [0, 0.1) is 17.7 Å². The van der Waals surface area contributed by atoms with Crippen molar-refractivity contribution < 1.29 is 44.0 Å². The van der Waals surface area contributed by atoms with Crippen molar-refractivity contribution in [3.8, 4) is 5.75 Å². The Labute approximate surface area is 228 Å². The number of hydrogen-bond donors (Lipinski definition) is 6. The lowest BCUT2D eigenvalue weighted by Gasteiger charge is -2.50. The molecule has 1 aliphatic heterocycles. The van der Waals surface area contributed by atoms with Crippen molar-refractivity contribution >= 4 is 29.1 Å². The van der Waals surface area contributed by atoms with E-state index in [1.165, 1.54) is 19.0 Å². The number of primary amides is 1. The smallest absolute Gasteiger partial charge is 0.255 e. The third kappa shape index (κ3) is 3.34. The lowest BCUT2D eigenvalue weighted by atomic mass is 9.58. The number of rotatable bonds is 2. The number of aliphatic hydroxyl groups is 3. The van der Waals surface area contributed by atoms with E-state index in [2.05, 4.69) is 5.32 Å². The number of anilines is 1. The van der Waals surface area contributed by atoms with Crippen LogP contribution in [0.4, 0.5) is 10.1 Å². The van der Waals surface area contributed by atoms with Crippen LogP contribution < -0.4 is 11.1 Å². The predicted octanol–water partition coefficient (Wildman–Crippen LogP) is 0.422. The molecule has 5 rings (SSSR count). The number of Topliss-reactive ketones (excluding diaryl/α,β-unsaturated/α-hetero) is 2. The van der Waals surface area contributed by atoms with Gasteiger partial charge in [-0.3, -0.25) is 29.0 Å². The number of likely N-dealkylation sites (N-methyl/N-ethyl adjacent to an activating group) is 2. The van der Waals surface area contributed by atoms with Gasteiger partial charge in [-0.05, 0) is 53.8 Å². The van der Waals surface area contributed by atoms with E-state index < -0.39 is 92.2 Å². The van der Waals surface area contributed by atoms with E-state index in [9.17, 15) is 39.6 Å². The number of halogens is 1. The quantitative estimate of drug-likeness (QED) is 0.219. The second kappa shape index (κ2) is 8.59. The normalized spacial score (nSPS) is 29.9. The lowest BCUT2D eigenvalue weighted by molar-refractivity contribution is -0.148. The van der Waals surface area contributed by atoms with E-state index in [4.69, 9.17) is 5.73 Å². The van der Waals surface area contributed by atoms with Gasteiger partial charge in [-0.15, -0.1) is 0 Å². The van der Waals surface area contributed by atoms with Crippen LogP contribution >= 0.6 is 0 Å². The lowest BCUT2D eigenvalue weighted by Crippen LogP contribution is -2.63. The van der Waals surface area contributed by atoms with Crippen LogP contribution in [-0.2, 0) is 27.3 Å². The third-order valence-corrected chi connectivity index (χ3v) is 9.07. The van der Waals surface area contributed by atoms with Crippen molar-refractivity contribution in [1.82, 2.24) is 9.80 Å². The Morgan fingerprint density at radius 2 is 1.77 bits per heavy atom. The highest BCUT2D eigenvalue weighted by Gasteiger charge is 2.63. The number of nitrogens with zero attached hydrogens (tertiary/aromatic N) is 2. The molecule has 0 unspecified atom stereocenters. The molecule has 4 atom stereocenters. The zero-order valence-electron chi connectivity index (χ0n) is 22.6. The van der Waals surface area contributed by atoms with Gasteiger partial charge in [0.15, 0.2) is 17.1 Å². The number of phenolic OH excluding ortho intramolecular Hbond substituents is 1. The molecular weight excluding hydrogens is 527 g/mol. The fourth-order valence-corrected chi connectivity index (χ4v) is 6.56. The average molecular weight is 559 g/mol. The number of fused-ring (bicyclic) bond motifs is 4. The minimum absolute atomic E-state index is 0.0138. The van der Waals surface area contributed by atoms with Crippen molar-refractivity contribution in [2.24, 2.45) is 17.6 Å². The molecular formula is C27H31FN4O8. The van der Waals surface area contributed by atoms with E-state index >= 15 is 4.39 Å². The molecule has 0 fully saturated rings. The zero-order chi connectivity index (χ0) is 29.8. The SMILES string of the molecule is CN(C)[C@@H]1C(O)=C(C(N)=O)C(=O)[C@@]2(O)C(O)=C3C(=O)c4c(O)c5c(c(F)c4C[C@H]3C[C@@H]12)CN(C)C(C)(C)C(=O)N5. The van der Waals surface area contributed by atoms with Crippen LogP contribution in [0.3, 0.4) is 0 Å². The summed E-state index contributed by atoms with van der Waals surface area (Å²) < 4.78 is 16.1. The molecule has 0 aromatic heterocycles. The van der Waals surface area contributed by atoms with Crippen LogP contribution in [0.15, 0.2) is 22.7 Å². The summed E-state index contributed by atoms with van der Waals surface area (Å²) in [4.78, 5) is 55.2. The van der Waals surface area contributed by atoms with Crippen LogP contribution in [0.5, 0.6) is 5.75 Å². The van der Waals surface area contributed by atoms with E-state index in [0.29, 0.717) is 0 Å². The molecule has 0 spiro atoms. The number of ketones is 2. The first-order valence-corrected chi connectivity index (χ1v) is 12.7. The van der Waals surface area contributed by atoms with Crippen LogP contribution in [0.1, 0.15) is 41.8 Å². The minimum atomic E-state index is -2.80. The first-order valence-electron chi connectivity index (χ1n) is 12.7. The average Bonchev–Trinajstić information content (AvgIpc) is 2.94. The summed E-state index contributed by atoms with van der Waals surface area (Å²) in [5, 5.41) is 47.6. The summed E-state index contributed by atoms with van der Waals surface area (Å²) in [5.41, 5.74) is -0.792. The highest BCUT2D eigenvalue weighted by atomic mass is 19.1. The fourth-order valence-electron chi connectivity index (χ4n) is 6.56. The standard InChI is InChI=1S/C27H31FN4O8/c1-26(2)25(39)30-17-11(8-32(26)5)16(28)10-6-9-7-12-18(31(3)4)21(35)15(24(29)38)23(37)27(12,40)22(36)13(9)19(33)14(10)20(17)34/h9,12,18,34-36,40H,6-8H2,1-5H3,(H2,29,38)(H,30,39)/t9-,12-,18-,27-/m0/s1. The Bertz CT molecular complexity index is 1500. The Morgan fingerprint density at radius 3 is 2.35 bits per heavy atom. The second-order valence-corrected chi connectivity index (χ2v) is 11.7. The molecule has 0 saturated heterocycles. The van der Waals surface area contributed by atoms with Gasteiger partial charge < -0.3 is 31.5 Å². The van der Waals surface area contributed by atoms with Crippen molar-refractivity contribution in [2.75, 3.05) is 26.5 Å². The molecule has 12 nitrogen and oxygen atoms in total. The number of phenols is 1. The monoisotopic (exact) mass is 558 g/mol. The molecule has 1 heterocycles. The first-order chi connectivity index (χ1) is 18.5. The molecule has 4 aliphatic rings. The van der Waals surface area contributed by atoms with Gasteiger partial charge in [-0.1, -0.05) is 0 Å². The summed E-state index contributed by atoms with van der Waals surface area (Å²) >= 11 is 0. The van der Waals surface area contributed by atoms with Gasteiger partial charge in [-0.25, -0.2) is 4.39 Å². The van der Waals surface area contributed by atoms with Gasteiger partial charge in [0.25, 0.3) is 5.91 Å². The third-order valence-electron chi connectivity index (χ3n) is 9.07. The molecule has 0 bridgehead atoms. The summed E-state index contributed by atoms with van der Waals surface area (Å²) in [7, 11) is 4.66. The van der Waals surface area contributed by atoms with Crippen molar-refractivity contribution in [2.45, 2.75) is 50.4 Å². The highest BCUT2D eigenvalue weighted by molar-refractivity contribution is 6.25. The maximum atomic E-state index is 16.1. The van der Waals surface area contributed by atoms with Gasteiger partial charge in [-0.2, -0.15) is 0 Å². The van der Waals surface area contributed by atoms with E-state index in [0.717, 1.165) is 0 Å². The first kappa shape index (κ1) is 27.7. The Morgan fingerprint density at radius 1 is 1.15 bits per heavy atom. The molecule has 2 amide bonds. The highest BCUT2D eigenvalue weighted by Crippen LogP contribution is 2.53. The number of benzene rings is 1. The van der Waals surface area contributed by atoms with E-state index in [1.54, 1.807) is 25.8 Å². The predicted molar refractivity (Wildman–Crippen MR) is 138 cm³/mol. The minimum Gasteiger partial charge on any atom is -0.510 e. The molecule has 0 radical (unpaired) electrons. The fraction of sp³-hybridized carbons (Fsp3) is 0.481. The molecule has 13 heteroatoms. The van der Waals surface area contributed by atoms with Crippen molar-refractivity contribution in [1.29, 1.82) is 0 Å². The summed E-state index contributed by atoms with van der Waals surface area (Å²) in [6.07, 6.45) is -0.352. The number of carbonyl (C=O) groups excluding carboxylic acids is 4. The van der Waals surface area contributed by atoms with Gasteiger partial charge in [0.05, 0.1) is 22.8 Å².